The van der Waals surface area contributed by atoms with E-state index in [1.165, 1.54) is 0 Å². The highest BCUT2D eigenvalue weighted by atomic mass is 19.4. The Morgan fingerprint density at radius 2 is 1.90 bits per heavy atom. The summed E-state index contributed by atoms with van der Waals surface area (Å²) in [5, 5.41) is 8.58. The van der Waals surface area contributed by atoms with Crippen molar-refractivity contribution in [3.63, 3.8) is 0 Å². The summed E-state index contributed by atoms with van der Waals surface area (Å²) in [4.78, 5) is 0. The molecule has 1 atom stereocenters. The van der Waals surface area contributed by atoms with E-state index < -0.39 is 18.7 Å². The van der Waals surface area contributed by atoms with E-state index in [1.54, 1.807) is 0 Å². The quantitative estimate of drug-likeness (QED) is 0.631. The summed E-state index contributed by atoms with van der Waals surface area (Å²) < 4.78 is 34.3. The minimum Gasteiger partial charge on any atom is -0.393 e. The second kappa shape index (κ2) is 3.78. The number of halogens is 3. The van der Waals surface area contributed by atoms with Gasteiger partial charge in [0.15, 0.2) is 0 Å². The molecular weight excluding hydrogens is 147 g/mol. The molecule has 0 aliphatic heterocycles. The van der Waals surface area contributed by atoms with Crippen LogP contribution in [0.5, 0.6) is 0 Å². The van der Waals surface area contributed by atoms with Crippen molar-refractivity contribution in [2.24, 2.45) is 5.73 Å². The fourth-order valence-corrected chi connectivity index (χ4v) is 0.562. The maximum Gasteiger partial charge on any atom is 0.391 e. The van der Waals surface area contributed by atoms with Crippen molar-refractivity contribution in [2.75, 3.05) is 6.54 Å². The van der Waals surface area contributed by atoms with Gasteiger partial charge < -0.3 is 10.8 Å². The number of aliphatic hydroxyl groups excluding tert-OH is 1. The van der Waals surface area contributed by atoms with Crippen molar-refractivity contribution in [3.8, 4) is 0 Å². The molecule has 3 N–H and O–H groups in total. The van der Waals surface area contributed by atoms with E-state index in [-0.39, 0.29) is 13.0 Å². The average Bonchev–Trinajstić information content (AvgIpc) is 1.59. The third-order valence-corrected chi connectivity index (χ3v) is 0.967. The van der Waals surface area contributed by atoms with Gasteiger partial charge in [0, 0.05) is 0 Å². The first-order valence-electron chi connectivity index (χ1n) is 2.90. The van der Waals surface area contributed by atoms with Crippen LogP contribution in [0.1, 0.15) is 12.8 Å². The van der Waals surface area contributed by atoms with E-state index >= 15 is 0 Å². The Labute approximate surface area is 56.8 Å². The number of hydrogen-bond acceptors (Lipinski definition) is 2. The summed E-state index contributed by atoms with van der Waals surface area (Å²) in [5.41, 5.74) is 4.92. The maximum atomic E-state index is 11.4. The Bertz CT molecular complexity index is 93.4. The lowest BCUT2D eigenvalue weighted by Crippen LogP contribution is -2.21. The van der Waals surface area contributed by atoms with Gasteiger partial charge in [-0.1, -0.05) is 0 Å². The van der Waals surface area contributed by atoms with Gasteiger partial charge >= 0.3 is 6.18 Å². The number of hydrogen-bond donors (Lipinski definition) is 2. The Kier molecular flexibility index (Phi) is 3.67. The third kappa shape index (κ3) is 5.84. The molecule has 2 nitrogen and oxygen atoms in total. The number of alkyl halides is 3. The predicted octanol–water partition coefficient (Wildman–Crippen LogP) is 0.649. The normalized spacial score (nSPS) is 15.3. The molecule has 10 heavy (non-hydrogen) atoms. The fourth-order valence-electron chi connectivity index (χ4n) is 0.562. The molecule has 0 fully saturated rings. The minimum absolute atomic E-state index is 0.000486. The number of aliphatic hydroxyl groups is 1. The van der Waals surface area contributed by atoms with Crippen molar-refractivity contribution in [1.82, 2.24) is 0 Å². The molecule has 0 aliphatic rings. The topological polar surface area (TPSA) is 46.2 Å². The van der Waals surface area contributed by atoms with Crippen LogP contribution in [0.4, 0.5) is 13.2 Å². The predicted molar refractivity (Wildman–Crippen MR) is 30.4 cm³/mol. The highest BCUT2D eigenvalue weighted by Gasteiger charge is 2.30. The lowest BCUT2D eigenvalue weighted by atomic mass is 10.2. The van der Waals surface area contributed by atoms with Crippen LogP contribution >= 0.6 is 0 Å². The molecule has 1 unspecified atom stereocenters. The lowest BCUT2D eigenvalue weighted by molar-refractivity contribution is -0.153. The smallest absolute Gasteiger partial charge is 0.391 e. The molecule has 0 aromatic heterocycles. The minimum atomic E-state index is -4.28. The van der Waals surface area contributed by atoms with Gasteiger partial charge in [0.05, 0.1) is 12.5 Å². The van der Waals surface area contributed by atoms with Crippen LogP contribution in [0, 0.1) is 0 Å². The molecule has 0 rings (SSSR count). The molecule has 0 saturated heterocycles. The van der Waals surface area contributed by atoms with Crippen LogP contribution in [0.25, 0.3) is 0 Å². The van der Waals surface area contributed by atoms with Gasteiger partial charge in [-0.3, -0.25) is 0 Å². The van der Waals surface area contributed by atoms with Crippen molar-refractivity contribution < 1.29 is 18.3 Å². The van der Waals surface area contributed by atoms with Gasteiger partial charge in [0.2, 0.25) is 0 Å². The third-order valence-electron chi connectivity index (χ3n) is 0.967. The summed E-state index contributed by atoms with van der Waals surface area (Å²) in [6.07, 6.45) is -6.79. The molecule has 0 heterocycles. The molecule has 0 aromatic rings. The number of nitrogens with two attached hydrogens (primary N) is 1. The molecule has 0 radical (unpaired) electrons. The zero-order valence-corrected chi connectivity index (χ0v) is 5.36. The van der Waals surface area contributed by atoms with Gasteiger partial charge in [-0.25, -0.2) is 0 Å². The Morgan fingerprint density at radius 1 is 1.40 bits per heavy atom. The highest BCUT2D eigenvalue weighted by Crippen LogP contribution is 2.22. The maximum absolute atomic E-state index is 11.4. The summed E-state index contributed by atoms with van der Waals surface area (Å²) in [5.74, 6) is 0. The monoisotopic (exact) mass is 157 g/mol. The van der Waals surface area contributed by atoms with Crippen LogP contribution in [0.15, 0.2) is 0 Å². The largest absolute Gasteiger partial charge is 0.393 e. The van der Waals surface area contributed by atoms with Gasteiger partial charge in [0.25, 0.3) is 0 Å². The van der Waals surface area contributed by atoms with Gasteiger partial charge in [-0.05, 0) is 13.0 Å². The molecule has 0 amide bonds. The van der Waals surface area contributed by atoms with Gasteiger partial charge in [0.1, 0.15) is 0 Å². The average molecular weight is 157 g/mol. The standard InChI is InChI=1S/C5H10F3NO/c6-5(7,8)3-4(10)1-2-9/h4,10H,1-3,9H2. The van der Waals surface area contributed by atoms with E-state index in [0.29, 0.717) is 0 Å². The molecule has 0 aromatic carbocycles. The Balaban J connectivity index is 3.47. The van der Waals surface area contributed by atoms with Crippen LogP contribution in [0.3, 0.4) is 0 Å². The van der Waals surface area contributed by atoms with E-state index in [2.05, 4.69) is 0 Å². The van der Waals surface area contributed by atoms with Crippen molar-refractivity contribution >= 4 is 0 Å². The second-order valence-corrected chi connectivity index (χ2v) is 2.05. The van der Waals surface area contributed by atoms with E-state index in [1.807, 2.05) is 0 Å². The van der Waals surface area contributed by atoms with Crippen LogP contribution in [-0.4, -0.2) is 23.9 Å². The van der Waals surface area contributed by atoms with E-state index in [0.717, 1.165) is 0 Å². The summed E-state index contributed by atoms with van der Waals surface area (Å²) in [6, 6.07) is 0. The first kappa shape index (κ1) is 9.71. The SMILES string of the molecule is NCCC(O)CC(F)(F)F. The van der Waals surface area contributed by atoms with Gasteiger partial charge in [-0.2, -0.15) is 13.2 Å². The van der Waals surface area contributed by atoms with Crippen LogP contribution in [-0.2, 0) is 0 Å². The summed E-state index contributed by atoms with van der Waals surface area (Å²) >= 11 is 0. The molecular formula is C5H10F3NO. The fraction of sp³-hybridized carbons (Fsp3) is 1.00. The molecule has 62 valence electrons. The zero-order chi connectivity index (χ0) is 8.20. The summed E-state index contributed by atoms with van der Waals surface area (Å²) in [7, 11) is 0. The second-order valence-electron chi connectivity index (χ2n) is 2.05. The highest BCUT2D eigenvalue weighted by molar-refractivity contribution is 4.61. The number of rotatable bonds is 3. The zero-order valence-electron chi connectivity index (χ0n) is 5.36. The Morgan fingerprint density at radius 3 is 2.20 bits per heavy atom. The van der Waals surface area contributed by atoms with Crippen molar-refractivity contribution in [3.05, 3.63) is 0 Å². The van der Waals surface area contributed by atoms with E-state index in [4.69, 9.17) is 10.8 Å². The van der Waals surface area contributed by atoms with Crippen LogP contribution in [0.2, 0.25) is 0 Å². The summed E-state index contributed by atoms with van der Waals surface area (Å²) in [6.45, 7) is 0.0806. The van der Waals surface area contributed by atoms with E-state index in [9.17, 15) is 13.2 Å². The first-order chi connectivity index (χ1) is 4.45. The van der Waals surface area contributed by atoms with Crippen molar-refractivity contribution in [2.45, 2.75) is 25.1 Å². The molecule has 0 bridgehead atoms. The molecule has 0 aliphatic carbocycles. The first-order valence-corrected chi connectivity index (χ1v) is 2.90. The van der Waals surface area contributed by atoms with Crippen molar-refractivity contribution in [1.29, 1.82) is 0 Å². The lowest BCUT2D eigenvalue weighted by Gasteiger charge is -2.10. The van der Waals surface area contributed by atoms with Crippen LogP contribution < -0.4 is 5.73 Å². The Hall–Kier alpha value is -0.290. The van der Waals surface area contributed by atoms with Gasteiger partial charge in [-0.15, -0.1) is 0 Å². The molecule has 5 heteroatoms. The molecule has 0 spiro atoms. The molecule has 0 saturated carbocycles.